The average Bonchev–Trinajstić information content (AvgIpc) is 2.08. The SMILES string of the molecule is COC(CO)(COC(C)=O)OC. The molecule has 5 heteroatoms. The maximum absolute atomic E-state index is 10.4. The molecule has 0 amide bonds. The van der Waals surface area contributed by atoms with Crippen LogP contribution in [-0.4, -0.2) is 44.3 Å². The summed E-state index contributed by atoms with van der Waals surface area (Å²) in [5.74, 6) is -1.67. The zero-order valence-electron chi connectivity index (χ0n) is 7.49. The molecule has 0 atom stereocenters. The van der Waals surface area contributed by atoms with Gasteiger partial charge in [-0.2, -0.15) is 0 Å². The molecule has 0 saturated carbocycles. The van der Waals surface area contributed by atoms with E-state index in [1.807, 2.05) is 0 Å². The molecule has 0 aromatic rings. The highest BCUT2D eigenvalue weighted by Gasteiger charge is 2.30. The Hall–Kier alpha value is -0.650. The average molecular weight is 178 g/mol. The molecule has 0 fully saturated rings. The first-order valence-electron chi connectivity index (χ1n) is 3.45. The maximum Gasteiger partial charge on any atom is 0.302 e. The lowest BCUT2D eigenvalue weighted by Gasteiger charge is -2.27. The first kappa shape index (κ1) is 11.4. The molecule has 0 saturated heterocycles. The highest BCUT2D eigenvalue weighted by atomic mass is 16.7. The van der Waals surface area contributed by atoms with Gasteiger partial charge in [-0.25, -0.2) is 0 Å². The van der Waals surface area contributed by atoms with Gasteiger partial charge in [0, 0.05) is 21.1 Å². The lowest BCUT2D eigenvalue weighted by atomic mass is 10.3. The first-order chi connectivity index (χ1) is 5.60. The summed E-state index contributed by atoms with van der Waals surface area (Å²) in [5, 5.41) is 8.85. The summed E-state index contributed by atoms with van der Waals surface area (Å²) >= 11 is 0. The monoisotopic (exact) mass is 178 g/mol. The smallest absolute Gasteiger partial charge is 0.302 e. The predicted octanol–water partition coefficient (Wildman–Crippen LogP) is -0.469. The van der Waals surface area contributed by atoms with Gasteiger partial charge >= 0.3 is 5.97 Å². The summed E-state index contributed by atoms with van der Waals surface area (Å²) in [5.41, 5.74) is 0. The minimum Gasteiger partial charge on any atom is -0.460 e. The van der Waals surface area contributed by atoms with Gasteiger partial charge in [-0.1, -0.05) is 0 Å². The van der Waals surface area contributed by atoms with Crippen molar-refractivity contribution in [3.63, 3.8) is 0 Å². The number of ether oxygens (including phenoxy) is 3. The van der Waals surface area contributed by atoms with Crippen molar-refractivity contribution in [2.45, 2.75) is 12.7 Å². The zero-order chi connectivity index (χ0) is 9.61. The minimum atomic E-state index is -1.23. The van der Waals surface area contributed by atoms with Gasteiger partial charge in [-0.3, -0.25) is 4.79 Å². The van der Waals surface area contributed by atoms with Crippen molar-refractivity contribution in [1.82, 2.24) is 0 Å². The lowest BCUT2D eigenvalue weighted by molar-refractivity contribution is -0.249. The molecule has 0 aliphatic rings. The van der Waals surface area contributed by atoms with Crippen LogP contribution < -0.4 is 0 Å². The van der Waals surface area contributed by atoms with Crippen LogP contribution in [0, 0.1) is 0 Å². The molecule has 0 heterocycles. The van der Waals surface area contributed by atoms with Crippen LogP contribution in [0.5, 0.6) is 0 Å². The van der Waals surface area contributed by atoms with Gasteiger partial charge in [0.2, 0.25) is 5.79 Å². The Morgan fingerprint density at radius 3 is 2.17 bits per heavy atom. The Balaban J connectivity index is 4.01. The van der Waals surface area contributed by atoms with Crippen LogP contribution in [0.15, 0.2) is 0 Å². The molecule has 0 bridgehead atoms. The number of carbonyl (C=O) groups excluding carboxylic acids is 1. The summed E-state index contributed by atoms with van der Waals surface area (Å²) in [6, 6.07) is 0. The quantitative estimate of drug-likeness (QED) is 0.455. The van der Waals surface area contributed by atoms with E-state index in [4.69, 9.17) is 14.6 Å². The highest BCUT2D eigenvalue weighted by Crippen LogP contribution is 2.10. The van der Waals surface area contributed by atoms with E-state index >= 15 is 0 Å². The van der Waals surface area contributed by atoms with Crippen molar-refractivity contribution in [1.29, 1.82) is 0 Å². The molecule has 0 unspecified atom stereocenters. The van der Waals surface area contributed by atoms with Crippen LogP contribution in [0.1, 0.15) is 6.92 Å². The van der Waals surface area contributed by atoms with Crippen molar-refractivity contribution >= 4 is 5.97 Å². The topological polar surface area (TPSA) is 65.0 Å². The largest absolute Gasteiger partial charge is 0.460 e. The van der Waals surface area contributed by atoms with Crippen LogP contribution in [0.25, 0.3) is 0 Å². The molecule has 0 radical (unpaired) electrons. The molecule has 12 heavy (non-hydrogen) atoms. The van der Waals surface area contributed by atoms with Crippen LogP contribution in [0.3, 0.4) is 0 Å². The molecular formula is C7H14O5. The van der Waals surface area contributed by atoms with E-state index in [2.05, 4.69) is 4.74 Å². The van der Waals surface area contributed by atoms with Crippen molar-refractivity contribution < 1.29 is 24.1 Å². The molecule has 0 aromatic heterocycles. The molecule has 1 N–H and O–H groups in total. The number of methoxy groups -OCH3 is 2. The van der Waals surface area contributed by atoms with E-state index < -0.39 is 11.8 Å². The minimum absolute atomic E-state index is 0.119. The summed E-state index contributed by atoms with van der Waals surface area (Å²) in [6.07, 6.45) is 0. The van der Waals surface area contributed by atoms with Gasteiger partial charge in [0.25, 0.3) is 0 Å². The third kappa shape index (κ3) is 3.17. The highest BCUT2D eigenvalue weighted by molar-refractivity contribution is 5.65. The Morgan fingerprint density at radius 1 is 1.42 bits per heavy atom. The number of aliphatic hydroxyl groups excluding tert-OH is 1. The predicted molar refractivity (Wildman–Crippen MR) is 40.5 cm³/mol. The normalized spacial score (nSPS) is 11.3. The lowest BCUT2D eigenvalue weighted by Crippen LogP contribution is -2.43. The van der Waals surface area contributed by atoms with Crippen LogP contribution in [0.2, 0.25) is 0 Å². The molecule has 0 aliphatic heterocycles. The zero-order valence-corrected chi connectivity index (χ0v) is 7.49. The molecule has 0 aromatic carbocycles. The van der Waals surface area contributed by atoms with E-state index in [0.717, 1.165) is 0 Å². The van der Waals surface area contributed by atoms with Gasteiger partial charge in [-0.05, 0) is 0 Å². The number of aliphatic hydroxyl groups is 1. The van der Waals surface area contributed by atoms with E-state index in [0.29, 0.717) is 0 Å². The van der Waals surface area contributed by atoms with Gasteiger partial charge in [0.1, 0.15) is 13.2 Å². The number of hydrogen-bond donors (Lipinski definition) is 1. The Kier molecular flexibility index (Phi) is 4.80. The van der Waals surface area contributed by atoms with E-state index in [-0.39, 0.29) is 13.2 Å². The van der Waals surface area contributed by atoms with E-state index in [1.54, 1.807) is 0 Å². The third-order valence-corrected chi connectivity index (χ3v) is 1.48. The Morgan fingerprint density at radius 2 is 1.92 bits per heavy atom. The molecule has 72 valence electrons. The van der Waals surface area contributed by atoms with Gasteiger partial charge in [0.15, 0.2) is 0 Å². The van der Waals surface area contributed by atoms with Crippen molar-refractivity contribution in [2.75, 3.05) is 27.4 Å². The van der Waals surface area contributed by atoms with Gasteiger partial charge < -0.3 is 19.3 Å². The Labute approximate surface area is 71.2 Å². The van der Waals surface area contributed by atoms with Crippen LogP contribution >= 0.6 is 0 Å². The second kappa shape index (κ2) is 5.08. The fourth-order valence-corrected chi connectivity index (χ4v) is 0.588. The van der Waals surface area contributed by atoms with Crippen molar-refractivity contribution in [3.8, 4) is 0 Å². The van der Waals surface area contributed by atoms with Crippen LogP contribution in [-0.2, 0) is 19.0 Å². The molecule has 0 rings (SSSR count). The third-order valence-electron chi connectivity index (χ3n) is 1.48. The van der Waals surface area contributed by atoms with Gasteiger partial charge in [0.05, 0.1) is 0 Å². The van der Waals surface area contributed by atoms with Crippen molar-refractivity contribution in [2.24, 2.45) is 0 Å². The van der Waals surface area contributed by atoms with Gasteiger partial charge in [-0.15, -0.1) is 0 Å². The Bertz CT molecular complexity index is 132. The number of carbonyl (C=O) groups is 1. The second-order valence-electron chi connectivity index (χ2n) is 2.26. The fraction of sp³-hybridized carbons (Fsp3) is 0.857. The van der Waals surface area contributed by atoms with Crippen molar-refractivity contribution in [3.05, 3.63) is 0 Å². The summed E-state index contributed by atoms with van der Waals surface area (Å²) in [6.45, 7) is 0.784. The van der Waals surface area contributed by atoms with Crippen LogP contribution in [0.4, 0.5) is 0 Å². The first-order valence-corrected chi connectivity index (χ1v) is 3.45. The van der Waals surface area contributed by atoms with E-state index in [9.17, 15) is 4.79 Å². The van der Waals surface area contributed by atoms with E-state index in [1.165, 1.54) is 21.1 Å². The number of esters is 1. The number of rotatable bonds is 5. The maximum atomic E-state index is 10.4. The number of hydrogen-bond acceptors (Lipinski definition) is 5. The summed E-state index contributed by atoms with van der Waals surface area (Å²) in [7, 11) is 2.73. The summed E-state index contributed by atoms with van der Waals surface area (Å²) in [4.78, 5) is 10.4. The molecule has 0 aliphatic carbocycles. The summed E-state index contributed by atoms with van der Waals surface area (Å²) < 4.78 is 14.3. The molecule has 0 spiro atoms. The molecule has 5 nitrogen and oxygen atoms in total. The standard InChI is InChI=1S/C7H14O5/c1-6(9)12-5-7(4-8,10-2)11-3/h8H,4-5H2,1-3H3. The fourth-order valence-electron chi connectivity index (χ4n) is 0.588. The molecular weight excluding hydrogens is 164 g/mol. The second-order valence-corrected chi connectivity index (χ2v) is 2.26.